The fourth-order valence-electron chi connectivity index (χ4n) is 3.21. The number of nitrogens with zero attached hydrogens (tertiary/aromatic N) is 2. The number of piperazine rings is 1. The molecule has 1 saturated heterocycles. The maximum absolute atomic E-state index is 12.0. The maximum Gasteiger partial charge on any atom is 0.264 e. The van der Waals surface area contributed by atoms with Crippen molar-refractivity contribution in [1.82, 2.24) is 10.2 Å². The molecular weight excluding hydrogens is 400 g/mol. The number of benzene rings is 2. The number of nitrogens with one attached hydrogen (secondary N) is 2. The molecule has 2 N–H and O–H groups in total. The maximum atomic E-state index is 12.0. The van der Waals surface area contributed by atoms with E-state index in [0.717, 1.165) is 43.1 Å². The van der Waals surface area contributed by atoms with Crippen LogP contribution in [0.25, 0.3) is 0 Å². The first-order valence-corrected chi connectivity index (χ1v) is 10.2. The number of aryl methyl sites for hydroxylation is 1. The molecule has 3 rings (SSSR count). The summed E-state index contributed by atoms with van der Waals surface area (Å²) in [5.74, 6) is 0.437. The lowest BCUT2D eigenvalue weighted by Gasteiger charge is -2.35. The Labute approximate surface area is 182 Å². The highest BCUT2D eigenvalue weighted by Gasteiger charge is 2.18. The van der Waals surface area contributed by atoms with Crippen LogP contribution in [0, 0.1) is 6.92 Å². The molecule has 7 nitrogen and oxygen atoms in total. The van der Waals surface area contributed by atoms with Gasteiger partial charge < -0.3 is 19.9 Å². The van der Waals surface area contributed by atoms with Gasteiger partial charge in [-0.1, -0.05) is 12.1 Å². The molecule has 1 aliphatic heterocycles. The van der Waals surface area contributed by atoms with Gasteiger partial charge >= 0.3 is 0 Å². The minimum absolute atomic E-state index is 0.115. The number of thiocarbonyl (C=S) groups is 1. The highest BCUT2D eigenvalue weighted by molar-refractivity contribution is 7.80. The van der Waals surface area contributed by atoms with E-state index in [4.69, 9.17) is 17.0 Å². The van der Waals surface area contributed by atoms with Crippen LogP contribution >= 0.6 is 12.2 Å². The van der Waals surface area contributed by atoms with Gasteiger partial charge in [-0.25, -0.2) is 0 Å². The first-order chi connectivity index (χ1) is 14.4. The summed E-state index contributed by atoms with van der Waals surface area (Å²) in [6.07, 6.45) is 0. The van der Waals surface area contributed by atoms with Gasteiger partial charge in [0.1, 0.15) is 5.75 Å². The van der Waals surface area contributed by atoms with Crippen LogP contribution in [0.1, 0.15) is 12.5 Å². The van der Waals surface area contributed by atoms with Crippen LogP contribution in [0.3, 0.4) is 0 Å². The molecule has 1 heterocycles. The van der Waals surface area contributed by atoms with Gasteiger partial charge in [0, 0.05) is 44.5 Å². The lowest BCUT2D eigenvalue weighted by atomic mass is 10.2. The molecule has 0 aliphatic carbocycles. The summed E-state index contributed by atoms with van der Waals surface area (Å²) in [7, 11) is 0. The average molecular weight is 427 g/mol. The highest BCUT2D eigenvalue weighted by atomic mass is 32.1. The van der Waals surface area contributed by atoms with Gasteiger partial charge in [-0.3, -0.25) is 14.9 Å². The molecule has 0 aromatic heterocycles. The minimum atomic E-state index is -0.325. The molecule has 1 aliphatic rings. The number of hydrogen-bond donors (Lipinski definition) is 2. The predicted molar refractivity (Wildman–Crippen MR) is 122 cm³/mol. The van der Waals surface area contributed by atoms with Crippen molar-refractivity contribution in [2.45, 2.75) is 13.8 Å². The Morgan fingerprint density at radius 1 is 1.07 bits per heavy atom. The van der Waals surface area contributed by atoms with Gasteiger partial charge in [0.05, 0.1) is 0 Å². The summed E-state index contributed by atoms with van der Waals surface area (Å²) in [4.78, 5) is 27.6. The van der Waals surface area contributed by atoms with Crippen molar-refractivity contribution >= 4 is 40.5 Å². The van der Waals surface area contributed by atoms with Crippen molar-refractivity contribution in [1.29, 1.82) is 0 Å². The van der Waals surface area contributed by atoms with Crippen LogP contribution < -0.4 is 20.3 Å². The van der Waals surface area contributed by atoms with Gasteiger partial charge in [0.25, 0.3) is 5.91 Å². The number of carbonyl (C=O) groups excluding carboxylic acids is 2. The van der Waals surface area contributed by atoms with Crippen LogP contribution in [-0.2, 0) is 9.59 Å². The Morgan fingerprint density at radius 2 is 1.77 bits per heavy atom. The zero-order chi connectivity index (χ0) is 21.5. The predicted octanol–water partition coefficient (Wildman–Crippen LogP) is 2.56. The van der Waals surface area contributed by atoms with E-state index < -0.39 is 0 Å². The highest BCUT2D eigenvalue weighted by Crippen LogP contribution is 2.19. The van der Waals surface area contributed by atoms with Gasteiger partial charge in [0.2, 0.25) is 5.91 Å². The van der Waals surface area contributed by atoms with Gasteiger partial charge in [-0.05, 0) is 61.1 Å². The molecule has 158 valence electrons. The fourth-order valence-corrected chi connectivity index (χ4v) is 3.45. The summed E-state index contributed by atoms with van der Waals surface area (Å²) in [5.41, 5.74) is 2.94. The molecule has 2 amide bonds. The van der Waals surface area contributed by atoms with Crippen molar-refractivity contribution in [2.75, 3.05) is 43.0 Å². The quantitative estimate of drug-likeness (QED) is 0.716. The summed E-state index contributed by atoms with van der Waals surface area (Å²) in [5, 5.41) is 5.84. The van der Waals surface area contributed by atoms with Crippen LogP contribution in [0.4, 0.5) is 11.4 Å². The lowest BCUT2D eigenvalue weighted by Crippen LogP contribution is -2.48. The fraction of sp³-hybridized carbons (Fsp3) is 0.318. The van der Waals surface area contributed by atoms with Crippen molar-refractivity contribution in [3.8, 4) is 5.75 Å². The van der Waals surface area contributed by atoms with E-state index in [-0.39, 0.29) is 23.5 Å². The summed E-state index contributed by atoms with van der Waals surface area (Å²) >= 11 is 5.21. The minimum Gasteiger partial charge on any atom is -0.484 e. The third-order valence-corrected chi connectivity index (χ3v) is 5.03. The first-order valence-electron chi connectivity index (χ1n) is 9.81. The monoisotopic (exact) mass is 426 g/mol. The van der Waals surface area contributed by atoms with Gasteiger partial charge in [-0.2, -0.15) is 0 Å². The molecule has 0 saturated carbocycles. The number of ether oxygens (including phenoxy) is 1. The number of rotatable bonds is 5. The van der Waals surface area contributed by atoms with E-state index >= 15 is 0 Å². The zero-order valence-electron chi connectivity index (χ0n) is 17.2. The molecule has 30 heavy (non-hydrogen) atoms. The largest absolute Gasteiger partial charge is 0.484 e. The third-order valence-electron chi connectivity index (χ3n) is 4.83. The molecule has 0 bridgehead atoms. The summed E-state index contributed by atoms with van der Waals surface area (Å²) in [6.45, 7) is 6.53. The second-order valence-corrected chi connectivity index (χ2v) is 7.56. The summed E-state index contributed by atoms with van der Waals surface area (Å²) < 4.78 is 5.48. The first kappa shape index (κ1) is 21.6. The number of hydrogen-bond acceptors (Lipinski definition) is 5. The van der Waals surface area contributed by atoms with Crippen LogP contribution in [0.15, 0.2) is 48.5 Å². The van der Waals surface area contributed by atoms with Crippen molar-refractivity contribution in [3.05, 3.63) is 54.1 Å². The normalized spacial score (nSPS) is 13.5. The van der Waals surface area contributed by atoms with Crippen LogP contribution in [-0.4, -0.2) is 54.6 Å². The Morgan fingerprint density at radius 3 is 2.40 bits per heavy atom. The second kappa shape index (κ2) is 10.1. The van der Waals surface area contributed by atoms with E-state index in [2.05, 4.69) is 15.5 Å². The SMILES string of the molecule is CC(=O)N1CCN(c2ccc(NC(=S)NC(=O)COc3cccc(C)c3)cc2)CC1. The molecule has 2 aromatic rings. The number of anilines is 2. The average Bonchev–Trinajstić information content (AvgIpc) is 2.73. The number of amides is 2. The van der Waals surface area contributed by atoms with Crippen LogP contribution in [0.5, 0.6) is 5.75 Å². The van der Waals surface area contributed by atoms with E-state index in [1.165, 1.54) is 0 Å². The van der Waals surface area contributed by atoms with E-state index in [1.807, 2.05) is 54.3 Å². The second-order valence-electron chi connectivity index (χ2n) is 7.15. The molecule has 0 radical (unpaired) electrons. The molecule has 2 aromatic carbocycles. The number of carbonyl (C=O) groups is 2. The Hall–Kier alpha value is -3.13. The van der Waals surface area contributed by atoms with E-state index in [1.54, 1.807) is 13.0 Å². The molecule has 0 unspecified atom stereocenters. The Bertz CT molecular complexity index is 909. The molecule has 1 fully saturated rings. The topological polar surface area (TPSA) is 73.9 Å². The van der Waals surface area contributed by atoms with Crippen molar-refractivity contribution in [3.63, 3.8) is 0 Å². The van der Waals surface area contributed by atoms with E-state index in [0.29, 0.717) is 5.75 Å². The zero-order valence-corrected chi connectivity index (χ0v) is 18.0. The van der Waals surface area contributed by atoms with Crippen molar-refractivity contribution in [2.24, 2.45) is 0 Å². The molecule has 0 atom stereocenters. The standard InChI is InChI=1S/C22H26N4O3S/c1-16-4-3-5-20(14-16)29-15-21(28)24-22(30)23-18-6-8-19(9-7-18)26-12-10-25(11-13-26)17(2)27/h3-9,14H,10-13,15H2,1-2H3,(H2,23,24,28,30). The molecular formula is C22H26N4O3S. The third kappa shape index (κ3) is 6.18. The molecule has 8 heteroatoms. The summed E-state index contributed by atoms with van der Waals surface area (Å²) in [6, 6.07) is 15.3. The van der Waals surface area contributed by atoms with E-state index in [9.17, 15) is 9.59 Å². The van der Waals surface area contributed by atoms with Gasteiger partial charge in [-0.15, -0.1) is 0 Å². The van der Waals surface area contributed by atoms with Crippen molar-refractivity contribution < 1.29 is 14.3 Å². The van der Waals surface area contributed by atoms with Gasteiger partial charge in [0.15, 0.2) is 11.7 Å². The Kier molecular flexibility index (Phi) is 7.24. The van der Waals surface area contributed by atoms with Crippen LogP contribution in [0.2, 0.25) is 0 Å². The Balaban J connectivity index is 1.44. The molecule has 0 spiro atoms. The lowest BCUT2D eigenvalue weighted by molar-refractivity contribution is -0.129. The smallest absolute Gasteiger partial charge is 0.264 e.